The molecule has 72 valence electrons. The lowest BCUT2D eigenvalue weighted by atomic mass is 10.2. The van der Waals surface area contributed by atoms with Gasteiger partial charge < -0.3 is 0 Å². The topological polar surface area (TPSA) is 30.7 Å². The Morgan fingerprint density at radius 2 is 1.93 bits per heavy atom. The van der Waals surface area contributed by atoms with Crippen LogP contribution < -0.4 is 0 Å². The van der Waals surface area contributed by atoms with Crippen molar-refractivity contribution in [3.8, 4) is 11.4 Å². The predicted molar refractivity (Wildman–Crippen MR) is 55.9 cm³/mol. The third kappa shape index (κ3) is 1.41. The van der Waals surface area contributed by atoms with Gasteiger partial charge in [-0.1, -0.05) is 6.07 Å². The monoisotopic (exact) mass is 187 g/mol. The molecule has 0 bridgehead atoms. The summed E-state index contributed by atoms with van der Waals surface area (Å²) in [5.74, 6) is 0. The average Bonchev–Trinajstić information content (AvgIpc) is 2.57. The summed E-state index contributed by atoms with van der Waals surface area (Å²) in [5, 5.41) is 4.12. The van der Waals surface area contributed by atoms with Crippen LogP contribution in [0.5, 0.6) is 0 Å². The van der Waals surface area contributed by atoms with Gasteiger partial charge in [-0.05, 0) is 31.5 Å². The van der Waals surface area contributed by atoms with Gasteiger partial charge in [0.05, 0.1) is 11.4 Å². The molecule has 2 aromatic heterocycles. The summed E-state index contributed by atoms with van der Waals surface area (Å²) < 4.78 is 1.83. The summed E-state index contributed by atoms with van der Waals surface area (Å²) in [6.45, 7) is 4.09. The second kappa shape index (κ2) is 3.25. The molecule has 2 heterocycles. The molecule has 14 heavy (non-hydrogen) atoms. The number of nitrogens with zero attached hydrogens (tertiary/aromatic N) is 3. The molecular weight excluding hydrogens is 174 g/mol. The number of rotatable bonds is 1. The van der Waals surface area contributed by atoms with Crippen LogP contribution in [0.15, 0.2) is 24.4 Å². The van der Waals surface area contributed by atoms with E-state index in [4.69, 9.17) is 0 Å². The molecule has 0 aliphatic heterocycles. The number of hydrogen-bond donors (Lipinski definition) is 0. The number of aromatic nitrogens is 3. The lowest BCUT2D eigenvalue weighted by Crippen LogP contribution is -1.96. The molecule has 0 saturated carbocycles. The first-order valence-electron chi connectivity index (χ1n) is 4.61. The van der Waals surface area contributed by atoms with Gasteiger partial charge in [0.2, 0.25) is 0 Å². The van der Waals surface area contributed by atoms with E-state index in [-0.39, 0.29) is 0 Å². The lowest BCUT2D eigenvalue weighted by molar-refractivity contribution is 0.773. The molecule has 0 saturated heterocycles. The highest BCUT2D eigenvalue weighted by atomic mass is 15.3. The van der Waals surface area contributed by atoms with E-state index in [1.807, 2.05) is 30.8 Å². The summed E-state index contributed by atoms with van der Waals surface area (Å²) in [7, 11) is 1.92. The van der Waals surface area contributed by atoms with E-state index < -0.39 is 0 Å². The molecule has 0 unspecified atom stereocenters. The Morgan fingerprint density at radius 1 is 1.14 bits per heavy atom. The molecule has 3 heteroatoms. The average molecular weight is 187 g/mol. The summed E-state index contributed by atoms with van der Waals surface area (Å²) in [6.07, 6.45) is 1.78. The molecule has 0 aromatic carbocycles. The Kier molecular flexibility index (Phi) is 2.08. The summed E-state index contributed by atoms with van der Waals surface area (Å²) >= 11 is 0. The zero-order valence-corrected chi connectivity index (χ0v) is 8.65. The quantitative estimate of drug-likeness (QED) is 0.684. The van der Waals surface area contributed by atoms with Crippen LogP contribution in [-0.4, -0.2) is 14.8 Å². The first kappa shape index (κ1) is 8.94. The second-order valence-corrected chi connectivity index (χ2v) is 3.44. The standard InChI is InChI=1S/C11H13N3/c1-8-4-5-10(13-9(8)2)11-6-7-12-14(11)3/h4-7H,1-3H3. The van der Waals surface area contributed by atoms with Gasteiger partial charge in [0.15, 0.2) is 0 Å². The first-order valence-corrected chi connectivity index (χ1v) is 4.61. The summed E-state index contributed by atoms with van der Waals surface area (Å²) in [4.78, 5) is 4.52. The molecule has 0 radical (unpaired) electrons. The third-order valence-corrected chi connectivity index (χ3v) is 2.43. The van der Waals surface area contributed by atoms with E-state index in [0.717, 1.165) is 17.1 Å². The number of aryl methyl sites for hydroxylation is 3. The first-order chi connectivity index (χ1) is 6.68. The van der Waals surface area contributed by atoms with E-state index in [1.54, 1.807) is 6.20 Å². The van der Waals surface area contributed by atoms with Gasteiger partial charge in [-0.3, -0.25) is 9.67 Å². The third-order valence-electron chi connectivity index (χ3n) is 2.43. The molecule has 2 aromatic rings. The molecule has 0 atom stereocenters. The van der Waals surface area contributed by atoms with Crippen molar-refractivity contribution >= 4 is 0 Å². The fourth-order valence-electron chi connectivity index (χ4n) is 1.40. The van der Waals surface area contributed by atoms with Crippen LogP contribution >= 0.6 is 0 Å². The second-order valence-electron chi connectivity index (χ2n) is 3.44. The van der Waals surface area contributed by atoms with Gasteiger partial charge in [-0.2, -0.15) is 5.10 Å². The Bertz CT molecular complexity index is 457. The zero-order chi connectivity index (χ0) is 10.1. The summed E-state index contributed by atoms with van der Waals surface area (Å²) in [6, 6.07) is 6.08. The van der Waals surface area contributed by atoms with Crippen molar-refractivity contribution in [2.75, 3.05) is 0 Å². The highest BCUT2D eigenvalue weighted by molar-refractivity contribution is 5.54. The number of hydrogen-bond acceptors (Lipinski definition) is 2. The molecule has 0 fully saturated rings. The fraction of sp³-hybridized carbons (Fsp3) is 0.273. The molecule has 0 spiro atoms. The van der Waals surface area contributed by atoms with Crippen molar-refractivity contribution in [1.82, 2.24) is 14.8 Å². The minimum atomic E-state index is 0.980. The molecule has 0 aliphatic rings. The van der Waals surface area contributed by atoms with E-state index in [1.165, 1.54) is 5.56 Å². The Morgan fingerprint density at radius 3 is 2.50 bits per heavy atom. The van der Waals surface area contributed by atoms with Crippen molar-refractivity contribution in [2.24, 2.45) is 7.05 Å². The molecule has 0 amide bonds. The van der Waals surface area contributed by atoms with Crippen LogP contribution in [0, 0.1) is 13.8 Å². The zero-order valence-electron chi connectivity index (χ0n) is 8.65. The predicted octanol–water partition coefficient (Wildman–Crippen LogP) is 2.10. The Hall–Kier alpha value is -1.64. The van der Waals surface area contributed by atoms with Gasteiger partial charge >= 0.3 is 0 Å². The van der Waals surface area contributed by atoms with Crippen LogP contribution in [0.4, 0.5) is 0 Å². The van der Waals surface area contributed by atoms with Crippen LogP contribution in [0.2, 0.25) is 0 Å². The van der Waals surface area contributed by atoms with Crippen molar-refractivity contribution in [1.29, 1.82) is 0 Å². The van der Waals surface area contributed by atoms with Gasteiger partial charge in [0, 0.05) is 18.9 Å². The SMILES string of the molecule is Cc1ccc(-c2ccnn2C)nc1C. The minimum absolute atomic E-state index is 0.980. The van der Waals surface area contributed by atoms with E-state index in [9.17, 15) is 0 Å². The van der Waals surface area contributed by atoms with E-state index >= 15 is 0 Å². The minimum Gasteiger partial charge on any atom is -0.266 e. The van der Waals surface area contributed by atoms with Gasteiger partial charge in [-0.25, -0.2) is 0 Å². The maximum Gasteiger partial charge on any atom is 0.0886 e. The van der Waals surface area contributed by atoms with Gasteiger partial charge in [0.1, 0.15) is 0 Å². The van der Waals surface area contributed by atoms with Crippen LogP contribution in [0.1, 0.15) is 11.3 Å². The normalized spacial score (nSPS) is 10.5. The highest BCUT2D eigenvalue weighted by Crippen LogP contribution is 2.17. The van der Waals surface area contributed by atoms with Crippen LogP contribution in [0.3, 0.4) is 0 Å². The van der Waals surface area contributed by atoms with E-state index in [0.29, 0.717) is 0 Å². The molecule has 3 nitrogen and oxygen atoms in total. The molecule has 2 rings (SSSR count). The Labute approximate surface area is 83.4 Å². The largest absolute Gasteiger partial charge is 0.266 e. The van der Waals surface area contributed by atoms with Crippen LogP contribution in [-0.2, 0) is 7.05 Å². The van der Waals surface area contributed by atoms with Gasteiger partial charge in [-0.15, -0.1) is 0 Å². The molecular formula is C11H13N3. The van der Waals surface area contributed by atoms with E-state index in [2.05, 4.69) is 23.1 Å². The smallest absolute Gasteiger partial charge is 0.0886 e. The molecule has 0 aliphatic carbocycles. The van der Waals surface area contributed by atoms with Gasteiger partial charge in [0.25, 0.3) is 0 Å². The highest BCUT2D eigenvalue weighted by Gasteiger charge is 2.04. The maximum atomic E-state index is 4.52. The van der Waals surface area contributed by atoms with Crippen molar-refractivity contribution < 1.29 is 0 Å². The molecule has 0 N–H and O–H groups in total. The van der Waals surface area contributed by atoms with Crippen molar-refractivity contribution in [3.05, 3.63) is 35.7 Å². The maximum absolute atomic E-state index is 4.52. The Balaban J connectivity index is 2.53. The lowest BCUT2D eigenvalue weighted by Gasteiger charge is -2.04. The van der Waals surface area contributed by atoms with Crippen LogP contribution in [0.25, 0.3) is 11.4 Å². The van der Waals surface area contributed by atoms with Crippen molar-refractivity contribution in [3.63, 3.8) is 0 Å². The number of pyridine rings is 1. The summed E-state index contributed by atoms with van der Waals surface area (Å²) in [5.41, 5.74) is 4.32. The van der Waals surface area contributed by atoms with Crippen molar-refractivity contribution in [2.45, 2.75) is 13.8 Å². The fourth-order valence-corrected chi connectivity index (χ4v) is 1.40.